The minimum absolute atomic E-state index is 0.0991. The Morgan fingerprint density at radius 1 is 1.57 bits per heavy atom. The third-order valence-corrected chi connectivity index (χ3v) is 3.92. The fourth-order valence-corrected chi connectivity index (χ4v) is 2.72. The van der Waals surface area contributed by atoms with Crippen molar-refractivity contribution in [2.24, 2.45) is 0 Å². The summed E-state index contributed by atoms with van der Waals surface area (Å²) in [7, 11) is 0. The number of aliphatic hydroxyl groups excluding tert-OH is 1. The number of aliphatic hydroxyl groups is 1. The van der Waals surface area contributed by atoms with Crippen LogP contribution in [0, 0.1) is 0 Å². The van der Waals surface area contributed by atoms with Gasteiger partial charge in [0.2, 0.25) is 0 Å². The van der Waals surface area contributed by atoms with Crippen LogP contribution in [0.25, 0.3) is 22.3 Å². The third kappa shape index (κ3) is 2.65. The number of thiazole rings is 1. The molecule has 1 amide bonds. The molecule has 3 aromatic heterocycles. The van der Waals surface area contributed by atoms with Crippen molar-refractivity contribution in [2.75, 3.05) is 6.61 Å². The molecule has 0 saturated heterocycles. The van der Waals surface area contributed by atoms with Gasteiger partial charge in [0.15, 0.2) is 5.01 Å². The Morgan fingerprint density at radius 3 is 3.24 bits per heavy atom. The van der Waals surface area contributed by atoms with Crippen molar-refractivity contribution in [1.82, 2.24) is 20.3 Å². The summed E-state index contributed by atoms with van der Waals surface area (Å²) in [5.74, 6) is -0.272. The van der Waals surface area contributed by atoms with Gasteiger partial charge in [-0.25, -0.2) is 9.97 Å². The second-order valence-corrected chi connectivity index (χ2v) is 5.56. The van der Waals surface area contributed by atoms with Crippen LogP contribution in [0.5, 0.6) is 0 Å². The Bertz CT molecular complexity index is 780. The van der Waals surface area contributed by atoms with Gasteiger partial charge in [0.1, 0.15) is 5.65 Å². The molecule has 0 bridgehead atoms. The van der Waals surface area contributed by atoms with E-state index in [4.69, 9.17) is 5.11 Å². The summed E-state index contributed by atoms with van der Waals surface area (Å²) in [6.45, 7) is 1.63. The van der Waals surface area contributed by atoms with Gasteiger partial charge >= 0.3 is 0 Å². The normalized spacial score (nSPS) is 12.5. The molecule has 0 spiro atoms. The highest BCUT2D eigenvalue weighted by Crippen LogP contribution is 2.28. The average Bonchev–Trinajstić information content (AvgIpc) is 3.13. The maximum Gasteiger partial charge on any atom is 0.280 e. The SMILES string of the molecule is C[C@@H](CO)NC(=O)c1nc(-c2c[nH]c3ncccc23)cs1. The summed E-state index contributed by atoms with van der Waals surface area (Å²) in [5.41, 5.74) is 2.45. The number of hydrogen-bond donors (Lipinski definition) is 3. The molecule has 0 saturated carbocycles. The van der Waals surface area contributed by atoms with Crippen molar-refractivity contribution in [3.63, 3.8) is 0 Å². The number of carbonyl (C=O) groups excluding carboxylic acids is 1. The lowest BCUT2D eigenvalue weighted by Crippen LogP contribution is -2.34. The van der Waals surface area contributed by atoms with Crippen LogP contribution in [0.2, 0.25) is 0 Å². The molecular weight excluding hydrogens is 288 g/mol. The van der Waals surface area contributed by atoms with Crippen LogP contribution in [-0.2, 0) is 0 Å². The zero-order valence-electron chi connectivity index (χ0n) is 11.3. The molecule has 108 valence electrons. The molecule has 7 heteroatoms. The van der Waals surface area contributed by atoms with Gasteiger partial charge in [0.25, 0.3) is 5.91 Å². The molecule has 0 aromatic carbocycles. The largest absolute Gasteiger partial charge is 0.394 e. The number of fused-ring (bicyclic) bond motifs is 1. The first-order chi connectivity index (χ1) is 10.2. The lowest BCUT2D eigenvalue weighted by molar-refractivity contribution is 0.0922. The van der Waals surface area contributed by atoms with Gasteiger partial charge in [0.05, 0.1) is 12.3 Å². The van der Waals surface area contributed by atoms with Crippen LogP contribution >= 0.6 is 11.3 Å². The zero-order chi connectivity index (χ0) is 14.8. The first-order valence-electron chi connectivity index (χ1n) is 6.48. The van der Waals surface area contributed by atoms with Crippen molar-refractivity contribution in [3.8, 4) is 11.3 Å². The predicted octanol–water partition coefficient (Wildman–Crippen LogP) is 1.80. The van der Waals surface area contributed by atoms with E-state index in [0.717, 1.165) is 22.3 Å². The standard InChI is InChI=1S/C14H14N4O2S/c1-8(6-19)17-13(20)14-18-11(7-21-14)10-5-16-12-9(10)3-2-4-15-12/h2-5,7-8,19H,6H2,1H3,(H,15,16)(H,17,20)/t8-/m0/s1. The summed E-state index contributed by atoms with van der Waals surface area (Å²) >= 11 is 1.28. The van der Waals surface area contributed by atoms with E-state index in [-0.39, 0.29) is 18.6 Å². The summed E-state index contributed by atoms with van der Waals surface area (Å²) in [6, 6.07) is 3.53. The van der Waals surface area contributed by atoms with Crippen LogP contribution in [0.15, 0.2) is 29.9 Å². The molecule has 0 aliphatic carbocycles. The van der Waals surface area contributed by atoms with Crippen molar-refractivity contribution >= 4 is 28.3 Å². The van der Waals surface area contributed by atoms with Crippen molar-refractivity contribution in [3.05, 3.63) is 34.9 Å². The van der Waals surface area contributed by atoms with E-state index in [1.807, 2.05) is 23.7 Å². The van der Waals surface area contributed by atoms with Crippen molar-refractivity contribution in [2.45, 2.75) is 13.0 Å². The number of pyridine rings is 1. The molecule has 0 fully saturated rings. The second kappa shape index (κ2) is 5.63. The zero-order valence-corrected chi connectivity index (χ0v) is 12.1. The fourth-order valence-electron chi connectivity index (χ4n) is 2.00. The molecule has 3 heterocycles. The minimum atomic E-state index is -0.290. The van der Waals surface area contributed by atoms with Crippen LogP contribution in [-0.4, -0.2) is 38.6 Å². The van der Waals surface area contributed by atoms with Crippen LogP contribution < -0.4 is 5.32 Å². The number of amides is 1. The Kier molecular flexibility index (Phi) is 3.68. The number of aromatic amines is 1. The molecule has 1 atom stereocenters. The van der Waals surface area contributed by atoms with Crippen molar-refractivity contribution < 1.29 is 9.90 Å². The molecular formula is C14H14N4O2S. The number of hydrogen-bond acceptors (Lipinski definition) is 5. The quantitative estimate of drug-likeness (QED) is 0.685. The van der Waals surface area contributed by atoms with Crippen LogP contribution in [0.4, 0.5) is 0 Å². The van der Waals surface area contributed by atoms with Gasteiger partial charge in [-0.2, -0.15) is 0 Å². The van der Waals surface area contributed by atoms with Gasteiger partial charge in [-0.05, 0) is 19.1 Å². The Hall–Kier alpha value is -2.25. The smallest absolute Gasteiger partial charge is 0.280 e. The van der Waals surface area contributed by atoms with Crippen LogP contribution in [0.1, 0.15) is 16.7 Å². The first kappa shape index (κ1) is 13.7. The van der Waals surface area contributed by atoms with E-state index < -0.39 is 0 Å². The van der Waals surface area contributed by atoms with E-state index >= 15 is 0 Å². The van der Waals surface area contributed by atoms with Gasteiger partial charge < -0.3 is 15.4 Å². The Labute approximate surface area is 124 Å². The van der Waals surface area contributed by atoms with E-state index in [1.165, 1.54) is 11.3 Å². The fraction of sp³-hybridized carbons (Fsp3) is 0.214. The molecule has 3 aromatic rings. The number of rotatable bonds is 4. The number of carbonyl (C=O) groups is 1. The van der Waals surface area contributed by atoms with Gasteiger partial charge in [-0.1, -0.05) is 0 Å². The maximum atomic E-state index is 12.0. The van der Waals surface area contributed by atoms with Gasteiger partial charge in [-0.15, -0.1) is 11.3 Å². The highest BCUT2D eigenvalue weighted by molar-refractivity contribution is 7.12. The first-order valence-corrected chi connectivity index (χ1v) is 7.36. The molecule has 0 aliphatic rings. The lowest BCUT2D eigenvalue weighted by atomic mass is 10.2. The van der Waals surface area contributed by atoms with E-state index in [1.54, 1.807) is 13.1 Å². The second-order valence-electron chi connectivity index (χ2n) is 4.70. The Morgan fingerprint density at radius 2 is 2.43 bits per heavy atom. The molecule has 3 N–H and O–H groups in total. The average molecular weight is 302 g/mol. The van der Waals surface area contributed by atoms with Gasteiger partial charge in [-0.3, -0.25) is 4.79 Å². The highest BCUT2D eigenvalue weighted by Gasteiger charge is 2.15. The lowest BCUT2D eigenvalue weighted by Gasteiger charge is -2.08. The summed E-state index contributed by atoms with van der Waals surface area (Å²) in [6.07, 6.45) is 3.56. The molecule has 6 nitrogen and oxygen atoms in total. The molecule has 21 heavy (non-hydrogen) atoms. The Balaban J connectivity index is 1.90. The molecule has 0 radical (unpaired) electrons. The van der Waals surface area contributed by atoms with E-state index in [2.05, 4.69) is 20.3 Å². The van der Waals surface area contributed by atoms with Crippen molar-refractivity contribution in [1.29, 1.82) is 0 Å². The molecule has 3 rings (SSSR count). The van der Waals surface area contributed by atoms with E-state index in [9.17, 15) is 4.79 Å². The molecule has 0 unspecified atom stereocenters. The summed E-state index contributed by atoms with van der Waals surface area (Å²) < 4.78 is 0. The topological polar surface area (TPSA) is 90.9 Å². The maximum absolute atomic E-state index is 12.0. The minimum Gasteiger partial charge on any atom is -0.394 e. The van der Waals surface area contributed by atoms with E-state index in [0.29, 0.717) is 5.01 Å². The number of aromatic nitrogens is 3. The number of nitrogens with zero attached hydrogens (tertiary/aromatic N) is 2. The number of nitrogens with one attached hydrogen (secondary N) is 2. The molecule has 0 aliphatic heterocycles. The van der Waals surface area contributed by atoms with Crippen LogP contribution in [0.3, 0.4) is 0 Å². The summed E-state index contributed by atoms with van der Waals surface area (Å²) in [4.78, 5) is 23.7. The monoisotopic (exact) mass is 302 g/mol. The third-order valence-electron chi connectivity index (χ3n) is 3.08. The summed E-state index contributed by atoms with van der Waals surface area (Å²) in [5, 5.41) is 14.8. The highest BCUT2D eigenvalue weighted by atomic mass is 32.1. The predicted molar refractivity (Wildman–Crippen MR) is 81.2 cm³/mol. The van der Waals surface area contributed by atoms with Gasteiger partial charge in [0, 0.05) is 34.8 Å². The number of H-pyrrole nitrogens is 1.